The summed E-state index contributed by atoms with van der Waals surface area (Å²) in [6.45, 7) is 0.805. The van der Waals surface area contributed by atoms with E-state index in [1.165, 1.54) is 0 Å². The van der Waals surface area contributed by atoms with Crippen molar-refractivity contribution in [3.05, 3.63) is 28.2 Å². The summed E-state index contributed by atoms with van der Waals surface area (Å²) in [6, 6.07) is 2.65. The molecule has 0 saturated carbocycles. The zero-order chi connectivity index (χ0) is 18.5. The molecule has 2 aliphatic rings. The van der Waals surface area contributed by atoms with Crippen molar-refractivity contribution in [2.45, 2.75) is 30.3 Å². The molecule has 1 spiro atoms. The summed E-state index contributed by atoms with van der Waals surface area (Å²) in [6.07, 6.45) is -3.23. The molecule has 0 unspecified atom stereocenters. The van der Waals surface area contributed by atoms with Gasteiger partial charge in [0, 0.05) is 24.1 Å². The van der Waals surface area contributed by atoms with Crippen LogP contribution in [0.4, 0.5) is 13.2 Å². The normalized spacial score (nSPS) is 21.5. The van der Waals surface area contributed by atoms with Crippen LogP contribution < -0.4 is 5.32 Å². The Bertz CT molecular complexity index is 803. The minimum absolute atomic E-state index is 0.0459. The van der Waals surface area contributed by atoms with Crippen molar-refractivity contribution in [1.29, 1.82) is 0 Å². The highest BCUT2D eigenvalue weighted by atomic mass is 79.9. The third kappa shape index (κ3) is 3.43. The second-order valence-electron chi connectivity index (χ2n) is 6.36. The largest absolute Gasteiger partial charge is 0.416 e. The average Bonchev–Trinajstić information content (AvgIpc) is 2.87. The van der Waals surface area contributed by atoms with Gasteiger partial charge >= 0.3 is 6.18 Å². The van der Waals surface area contributed by atoms with Crippen molar-refractivity contribution in [1.82, 2.24) is 9.62 Å². The fourth-order valence-electron chi connectivity index (χ4n) is 3.37. The van der Waals surface area contributed by atoms with E-state index in [1.54, 1.807) is 0 Å². The van der Waals surface area contributed by atoms with E-state index in [4.69, 9.17) is 0 Å². The van der Waals surface area contributed by atoms with Crippen molar-refractivity contribution >= 4 is 31.9 Å². The number of nitrogens with zero attached hydrogens (tertiary/aromatic N) is 1. The van der Waals surface area contributed by atoms with E-state index in [-0.39, 0.29) is 23.5 Å². The molecule has 0 aliphatic carbocycles. The number of piperidine rings is 1. The lowest BCUT2D eigenvalue weighted by Crippen LogP contribution is -2.46. The highest BCUT2D eigenvalue weighted by Gasteiger charge is 2.46. The van der Waals surface area contributed by atoms with Crippen molar-refractivity contribution in [2.75, 3.05) is 19.6 Å². The van der Waals surface area contributed by atoms with E-state index < -0.39 is 32.1 Å². The first-order valence-electron chi connectivity index (χ1n) is 7.71. The summed E-state index contributed by atoms with van der Waals surface area (Å²) in [5.41, 5.74) is -1.57. The molecule has 2 aliphatic heterocycles. The number of carbonyl (C=O) groups excluding carboxylic acids is 1. The Labute approximate surface area is 151 Å². The highest BCUT2D eigenvalue weighted by Crippen LogP contribution is 2.40. The fraction of sp³-hybridized carbons (Fsp3) is 0.533. The summed E-state index contributed by atoms with van der Waals surface area (Å²) in [5, 5.41) is 2.76. The Kier molecular flexibility index (Phi) is 4.66. The summed E-state index contributed by atoms with van der Waals surface area (Å²) in [4.78, 5) is 11.6. The summed E-state index contributed by atoms with van der Waals surface area (Å²) in [7, 11) is -4.06. The molecule has 1 aromatic rings. The second kappa shape index (κ2) is 6.24. The van der Waals surface area contributed by atoms with Crippen LogP contribution in [0.15, 0.2) is 27.6 Å². The van der Waals surface area contributed by atoms with Gasteiger partial charge in [-0.25, -0.2) is 8.42 Å². The summed E-state index contributed by atoms with van der Waals surface area (Å²) >= 11 is 2.94. The van der Waals surface area contributed by atoms with E-state index in [1.807, 2.05) is 0 Å². The molecule has 5 nitrogen and oxygen atoms in total. The maximum Gasteiger partial charge on any atom is 0.416 e. The molecule has 10 heteroatoms. The first kappa shape index (κ1) is 18.7. The molecule has 3 rings (SSSR count). The third-order valence-corrected chi connectivity index (χ3v) is 7.22. The van der Waals surface area contributed by atoms with Crippen LogP contribution in [-0.4, -0.2) is 38.3 Å². The molecule has 1 amide bonds. The van der Waals surface area contributed by atoms with Crippen molar-refractivity contribution < 1.29 is 26.4 Å². The molecule has 138 valence electrons. The Morgan fingerprint density at radius 2 is 1.76 bits per heavy atom. The van der Waals surface area contributed by atoms with E-state index in [0.29, 0.717) is 31.9 Å². The molecular formula is C15H16BrF3N2O3S. The van der Waals surface area contributed by atoms with Gasteiger partial charge in [0.15, 0.2) is 0 Å². The highest BCUT2D eigenvalue weighted by molar-refractivity contribution is 9.10. The van der Waals surface area contributed by atoms with E-state index in [2.05, 4.69) is 21.2 Å². The molecule has 0 bridgehead atoms. The number of benzene rings is 1. The second-order valence-corrected chi connectivity index (χ2v) is 9.22. The van der Waals surface area contributed by atoms with Crippen LogP contribution in [0.5, 0.6) is 0 Å². The minimum Gasteiger partial charge on any atom is -0.356 e. The first-order chi connectivity index (χ1) is 11.5. The molecule has 2 fully saturated rings. The smallest absolute Gasteiger partial charge is 0.356 e. The third-order valence-electron chi connectivity index (χ3n) is 4.89. The van der Waals surface area contributed by atoms with Crippen LogP contribution in [0, 0.1) is 5.41 Å². The molecule has 1 N–H and O–H groups in total. The molecule has 0 radical (unpaired) electrons. The van der Waals surface area contributed by atoms with Gasteiger partial charge in [-0.15, -0.1) is 0 Å². The van der Waals surface area contributed by atoms with Gasteiger partial charge in [-0.3, -0.25) is 4.79 Å². The molecular weight excluding hydrogens is 425 g/mol. The topological polar surface area (TPSA) is 66.5 Å². The number of halogens is 4. The standard InChI is InChI=1S/C15H16BrF3N2O3S/c16-11-7-10(15(17,18)19)8-12(9-11)25(23,24)21-5-2-14(3-6-21)1-4-20-13(14)22/h7-9H,1-6H2,(H,20,22). The predicted molar refractivity (Wildman–Crippen MR) is 87.2 cm³/mol. The van der Waals surface area contributed by atoms with E-state index in [9.17, 15) is 26.4 Å². The Hall–Kier alpha value is -1.13. The zero-order valence-corrected chi connectivity index (χ0v) is 15.5. The monoisotopic (exact) mass is 440 g/mol. The Morgan fingerprint density at radius 1 is 1.12 bits per heavy atom. The maximum atomic E-state index is 12.9. The molecule has 25 heavy (non-hydrogen) atoms. The van der Waals surface area contributed by atoms with Crippen molar-refractivity contribution in [3.63, 3.8) is 0 Å². The summed E-state index contributed by atoms with van der Waals surface area (Å²) in [5.74, 6) is -0.0636. The Morgan fingerprint density at radius 3 is 2.28 bits per heavy atom. The number of alkyl halides is 3. The molecule has 2 saturated heterocycles. The lowest BCUT2D eigenvalue weighted by molar-refractivity contribution is -0.137. The van der Waals surface area contributed by atoms with Crippen LogP contribution in [-0.2, 0) is 21.0 Å². The lowest BCUT2D eigenvalue weighted by Gasteiger charge is -2.36. The van der Waals surface area contributed by atoms with Crippen LogP contribution >= 0.6 is 15.9 Å². The van der Waals surface area contributed by atoms with E-state index in [0.717, 1.165) is 16.4 Å². The number of rotatable bonds is 2. The van der Waals surface area contributed by atoms with Gasteiger partial charge < -0.3 is 5.32 Å². The average molecular weight is 441 g/mol. The van der Waals surface area contributed by atoms with Gasteiger partial charge in [-0.05, 0) is 37.5 Å². The van der Waals surface area contributed by atoms with Gasteiger partial charge in [-0.2, -0.15) is 17.5 Å². The minimum atomic E-state index is -4.64. The molecule has 2 heterocycles. The molecule has 0 aromatic heterocycles. The summed E-state index contributed by atoms with van der Waals surface area (Å²) < 4.78 is 65.5. The molecule has 0 atom stereocenters. The van der Waals surface area contributed by atoms with E-state index >= 15 is 0 Å². The van der Waals surface area contributed by atoms with Crippen LogP contribution in [0.1, 0.15) is 24.8 Å². The SMILES string of the molecule is O=C1NCCC12CCN(S(=O)(=O)c1cc(Br)cc(C(F)(F)F)c1)CC2. The molecule has 1 aromatic carbocycles. The van der Waals surface area contributed by atoms with Crippen LogP contribution in [0.25, 0.3) is 0 Å². The fourth-order valence-corrected chi connectivity index (χ4v) is 5.53. The van der Waals surface area contributed by atoms with Crippen molar-refractivity contribution in [2.24, 2.45) is 5.41 Å². The number of nitrogens with one attached hydrogen (secondary N) is 1. The number of hydrogen-bond acceptors (Lipinski definition) is 3. The van der Waals surface area contributed by atoms with Crippen LogP contribution in [0.3, 0.4) is 0 Å². The van der Waals surface area contributed by atoms with Gasteiger partial charge in [0.25, 0.3) is 0 Å². The van der Waals surface area contributed by atoms with Gasteiger partial charge in [-0.1, -0.05) is 15.9 Å². The quantitative estimate of drug-likeness (QED) is 0.768. The maximum absolute atomic E-state index is 12.9. The number of carbonyl (C=O) groups is 1. The number of hydrogen-bond donors (Lipinski definition) is 1. The van der Waals surface area contributed by atoms with Crippen molar-refractivity contribution in [3.8, 4) is 0 Å². The Balaban J connectivity index is 1.86. The van der Waals surface area contributed by atoms with Gasteiger partial charge in [0.05, 0.1) is 15.9 Å². The number of sulfonamides is 1. The predicted octanol–water partition coefficient (Wildman–Crippen LogP) is 2.76. The lowest BCUT2D eigenvalue weighted by atomic mass is 9.78. The van der Waals surface area contributed by atoms with Gasteiger partial charge in [0.2, 0.25) is 15.9 Å². The van der Waals surface area contributed by atoms with Crippen LogP contribution in [0.2, 0.25) is 0 Å². The zero-order valence-electron chi connectivity index (χ0n) is 13.1. The first-order valence-corrected chi connectivity index (χ1v) is 9.94. The number of amides is 1. The van der Waals surface area contributed by atoms with Gasteiger partial charge in [0.1, 0.15) is 0 Å².